The van der Waals surface area contributed by atoms with E-state index in [0.717, 1.165) is 56.6 Å². The number of nitrogens with one attached hydrogen (secondary N) is 1. The van der Waals surface area contributed by atoms with Crippen molar-refractivity contribution < 1.29 is 9.59 Å². The maximum Gasteiger partial charge on any atom is 0.256 e. The Morgan fingerprint density at radius 3 is 2.41 bits per heavy atom. The minimum atomic E-state index is -0.200. The standard InChI is InChI=1S/C24H31N3O2/c1-4-5-15-26(3)20-13-11-19(12-14-20)23(28)25-21-10-8-9-18(2)22(21)24(29)27-16-6-7-17-27/h8-14H,4-7,15-17H2,1-3H3,(H,25,28). The second-order valence-corrected chi connectivity index (χ2v) is 7.77. The van der Waals surface area contributed by atoms with Crippen LogP contribution in [0.3, 0.4) is 0 Å². The van der Waals surface area contributed by atoms with Crippen molar-refractivity contribution in [3.63, 3.8) is 0 Å². The average molecular weight is 394 g/mol. The van der Waals surface area contributed by atoms with Crippen molar-refractivity contribution in [2.75, 3.05) is 36.9 Å². The normalized spacial score (nSPS) is 13.4. The molecular weight excluding hydrogens is 362 g/mol. The third kappa shape index (κ3) is 4.97. The van der Waals surface area contributed by atoms with Gasteiger partial charge in [-0.25, -0.2) is 0 Å². The molecule has 0 aromatic heterocycles. The Balaban J connectivity index is 1.75. The number of aryl methyl sites for hydroxylation is 1. The Labute approximate surface area is 173 Å². The molecule has 1 fully saturated rings. The Kier molecular flexibility index (Phi) is 6.91. The second-order valence-electron chi connectivity index (χ2n) is 7.77. The molecular formula is C24H31N3O2. The lowest BCUT2D eigenvalue weighted by molar-refractivity contribution is 0.0793. The van der Waals surface area contributed by atoms with Crippen molar-refractivity contribution in [3.8, 4) is 0 Å². The number of carbonyl (C=O) groups excluding carboxylic acids is 2. The van der Waals surface area contributed by atoms with E-state index in [1.165, 1.54) is 0 Å². The summed E-state index contributed by atoms with van der Waals surface area (Å²) in [6, 6.07) is 13.2. The van der Waals surface area contributed by atoms with E-state index in [0.29, 0.717) is 16.8 Å². The van der Waals surface area contributed by atoms with Gasteiger partial charge in [-0.05, 0) is 62.1 Å². The van der Waals surface area contributed by atoms with Crippen LogP contribution >= 0.6 is 0 Å². The number of unbranched alkanes of at least 4 members (excludes halogenated alkanes) is 1. The third-order valence-electron chi connectivity index (χ3n) is 5.55. The predicted molar refractivity (Wildman–Crippen MR) is 119 cm³/mol. The molecule has 0 radical (unpaired) electrons. The summed E-state index contributed by atoms with van der Waals surface area (Å²) in [5.74, 6) is -0.197. The topological polar surface area (TPSA) is 52.7 Å². The smallest absolute Gasteiger partial charge is 0.256 e. The van der Waals surface area contributed by atoms with Crippen molar-refractivity contribution in [1.29, 1.82) is 0 Å². The van der Waals surface area contributed by atoms with E-state index in [4.69, 9.17) is 0 Å². The first-order valence-electron chi connectivity index (χ1n) is 10.5. The summed E-state index contributed by atoms with van der Waals surface area (Å²) < 4.78 is 0. The van der Waals surface area contributed by atoms with Crippen molar-refractivity contribution in [2.45, 2.75) is 39.5 Å². The van der Waals surface area contributed by atoms with Crippen molar-refractivity contribution in [1.82, 2.24) is 4.90 Å². The fourth-order valence-corrected chi connectivity index (χ4v) is 3.72. The average Bonchev–Trinajstić information content (AvgIpc) is 3.27. The molecule has 1 saturated heterocycles. The van der Waals surface area contributed by atoms with Crippen molar-refractivity contribution >= 4 is 23.2 Å². The number of hydrogen-bond donors (Lipinski definition) is 1. The fraction of sp³-hybridized carbons (Fsp3) is 0.417. The third-order valence-corrected chi connectivity index (χ3v) is 5.55. The first kappa shape index (κ1) is 20.9. The van der Waals surface area contributed by atoms with Crippen LogP contribution in [0.5, 0.6) is 0 Å². The highest BCUT2D eigenvalue weighted by atomic mass is 16.2. The summed E-state index contributed by atoms with van der Waals surface area (Å²) in [6.07, 6.45) is 4.37. The summed E-state index contributed by atoms with van der Waals surface area (Å²) in [4.78, 5) is 29.9. The van der Waals surface area contributed by atoms with Gasteiger partial charge in [-0.2, -0.15) is 0 Å². The Morgan fingerprint density at radius 2 is 1.76 bits per heavy atom. The highest BCUT2D eigenvalue weighted by Crippen LogP contribution is 2.24. The second kappa shape index (κ2) is 9.59. The van der Waals surface area contributed by atoms with E-state index in [-0.39, 0.29) is 11.8 Å². The van der Waals surface area contributed by atoms with Crippen LogP contribution in [0.4, 0.5) is 11.4 Å². The number of amides is 2. The maximum atomic E-state index is 13.0. The number of carbonyl (C=O) groups is 2. The van der Waals surface area contributed by atoms with Gasteiger partial charge in [0, 0.05) is 37.9 Å². The summed E-state index contributed by atoms with van der Waals surface area (Å²) in [5, 5.41) is 2.95. The van der Waals surface area contributed by atoms with Gasteiger partial charge >= 0.3 is 0 Å². The van der Waals surface area contributed by atoms with Crippen LogP contribution in [0.2, 0.25) is 0 Å². The van der Waals surface area contributed by atoms with Crippen LogP contribution in [0.25, 0.3) is 0 Å². The molecule has 154 valence electrons. The number of anilines is 2. The van der Waals surface area contributed by atoms with Gasteiger partial charge in [0.15, 0.2) is 0 Å². The minimum absolute atomic E-state index is 0.00352. The molecule has 2 aromatic carbocycles. The zero-order valence-corrected chi connectivity index (χ0v) is 17.7. The zero-order valence-electron chi connectivity index (χ0n) is 17.7. The highest BCUT2D eigenvalue weighted by molar-refractivity contribution is 6.09. The van der Waals surface area contributed by atoms with E-state index in [2.05, 4.69) is 24.2 Å². The van der Waals surface area contributed by atoms with Crippen molar-refractivity contribution in [3.05, 3.63) is 59.2 Å². The van der Waals surface area contributed by atoms with Crippen molar-refractivity contribution in [2.24, 2.45) is 0 Å². The van der Waals surface area contributed by atoms with Gasteiger partial charge < -0.3 is 15.1 Å². The Morgan fingerprint density at radius 1 is 1.07 bits per heavy atom. The van der Waals surface area contributed by atoms with E-state index < -0.39 is 0 Å². The van der Waals surface area contributed by atoms with Crippen LogP contribution < -0.4 is 10.2 Å². The molecule has 5 nitrogen and oxygen atoms in total. The molecule has 1 heterocycles. The van der Waals surface area contributed by atoms with Crippen LogP contribution in [0.15, 0.2) is 42.5 Å². The summed E-state index contributed by atoms with van der Waals surface area (Å²) in [5.41, 5.74) is 3.73. The Bertz CT molecular complexity index is 855. The Hall–Kier alpha value is -2.82. The lowest BCUT2D eigenvalue weighted by Crippen LogP contribution is -2.29. The van der Waals surface area contributed by atoms with Gasteiger partial charge in [0.2, 0.25) is 0 Å². The van der Waals surface area contributed by atoms with Crippen LogP contribution in [0, 0.1) is 6.92 Å². The summed E-state index contributed by atoms with van der Waals surface area (Å²) in [6.45, 7) is 6.66. The molecule has 1 aliphatic rings. The highest BCUT2D eigenvalue weighted by Gasteiger charge is 2.24. The molecule has 0 spiro atoms. The largest absolute Gasteiger partial charge is 0.375 e. The number of hydrogen-bond acceptors (Lipinski definition) is 3. The zero-order chi connectivity index (χ0) is 20.8. The predicted octanol–water partition coefficient (Wildman–Crippen LogP) is 4.72. The van der Waals surface area contributed by atoms with Gasteiger partial charge in [-0.15, -0.1) is 0 Å². The molecule has 2 aromatic rings. The van der Waals surface area contributed by atoms with Gasteiger partial charge in [0.1, 0.15) is 0 Å². The van der Waals surface area contributed by atoms with Gasteiger partial charge in [0.05, 0.1) is 11.3 Å². The lowest BCUT2D eigenvalue weighted by Gasteiger charge is -2.20. The monoisotopic (exact) mass is 393 g/mol. The quantitative estimate of drug-likeness (QED) is 0.740. The first-order chi connectivity index (χ1) is 14.0. The SMILES string of the molecule is CCCCN(C)c1ccc(C(=O)Nc2cccc(C)c2C(=O)N2CCCC2)cc1. The molecule has 2 amide bonds. The van der Waals surface area contributed by atoms with Gasteiger partial charge in [-0.1, -0.05) is 25.5 Å². The van der Waals surface area contributed by atoms with Crippen LogP contribution in [-0.4, -0.2) is 43.4 Å². The van der Waals surface area contributed by atoms with Crippen LogP contribution in [-0.2, 0) is 0 Å². The maximum absolute atomic E-state index is 13.0. The molecule has 0 bridgehead atoms. The molecule has 0 unspecified atom stereocenters. The van der Waals surface area contributed by atoms with E-state index in [1.54, 1.807) is 6.07 Å². The molecule has 29 heavy (non-hydrogen) atoms. The number of benzene rings is 2. The number of rotatable bonds is 7. The summed E-state index contributed by atoms with van der Waals surface area (Å²) in [7, 11) is 2.06. The van der Waals surface area contributed by atoms with E-state index in [1.807, 2.05) is 48.2 Å². The number of likely N-dealkylation sites (tertiary alicyclic amines) is 1. The molecule has 1 N–H and O–H groups in total. The fourth-order valence-electron chi connectivity index (χ4n) is 3.72. The van der Waals surface area contributed by atoms with Gasteiger partial charge in [-0.3, -0.25) is 9.59 Å². The van der Waals surface area contributed by atoms with E-state index >= 15 is 0 Å². The van der Waals surface area contributed by atoms with E-state index in [9.17, 15) is 9.59 Å². The van der Waals surface area contributed by atoms with Crippen LogP contribution in [0.1, 0.15) is 58.9 Å². The lowest BCUT2D eigenvalue weighted by atomic mass is 10.0. The molecule has 1 aliphatic heterocycles. The molecule has 5 heteroatoms. The minimum Gasteiger partial charge on any atom is -0.375 e. The first-order valence-corrected chi connectivity index (χ1v) is 10.5. The number of nitrogens with zero attached hydrogens (tertiary/aromatic N) is 2. The summed E-state index contributed by atoms with van der Waals surface area (Å²) >= 11 is 0. The van der Waals surface area contributed by atoms with Gasteiger partial charge in [0.25, 0.3) is 11.8 Å². The molecule has 3 rings (SSSR count). The molecule has 0 aliphatic carbocycles. The molecule has 0 saturated carbocycles. The molecule has 0 atom stereocenters.